The van der Waals surface area contributed by atoms with Gasteiger partial charge in [-0.15, -0.1) is 0 Å². The smallest absolute Gasteiger partial charge is 0.409 e. The molecule has 1 saturated heterocycles. The van der Waals surface area contributed by atoms with Crippen LogP contribution >= 0.6 is 0 Å². The Balaban J connectivity index is 1.85. The van der Waals surface area contributed by atoms with Gasteiger partial charge in [-0.1, -0.05) is 6.07 Å². The SMILES string of the molecule is CCOC(=O)N1CCN(CC(=O)Nc2cccc(S(C)(=O)=O)c2)CC1. The third-order valence-electron chi connectivity index (χ3n) is 3.81. The van der Waals surface area contributed by atoms with Crippen LogP contribution in [-0.4, -0.2) is 75.8 Å². The second kappa shape index (κ2) is 8.30. The van der Waals surface area contributed by atoms with E-state index in [0.29, 0.717) is 38.5 Å². The molecule has 0 bridgehead atoms. The summed E-state index contributed by atoms with van der Waals surface area (Å²) >= 11 is 0. The predicted molar refractivity (Wildman–Crippen MR) is 93.2 cm³/mol. The Morgan fingerprint density at radius 1 is 1.20 bits per heavy atom. The first-order chi connectivity index (χ1) is 11.8. The van der Waals surface area contributed by atoms with Crippen molar-refractivity contribution in [2.75, 3.05) is 50.9 Å². The average Bonchev–Trinajstić information content (AvgIpc) is 2.55. The number of hydrogen-bond donors (Lipinski definition) is 1. The van der Waals surface area contributed by atoms with Crippen LogP contribution in [0.2, 0.25) is 0 Å². The Kier molecular flexibility index (Phi) is 6.38. The van der Waals surface area contributed by atoms with Crippen LogP contribution < -0.4 is 5.32 Å². The zero-order valence-electron chi connectivity index (χ0n) is 14.4. The van der Waals surface area contributed by atoms with E-state index in [-0.39, 0.29) is 23.4 Å². The van der Waals surface area contributed by atoms with Crippen molar-refractivity contribution >= 4 is 27.5 Å². The monoisotopic (exact) mass is 369 g/mol. The highest BCUT2D eigenvalue weighted by atomic mass is 32.2. The molecule has 25 heavy (non-hydrogen) atoms. The van der Waals surface area contributed by atoms with Crippen LogP contribution in [0.1, 0.15) is 6.92 Å². The lowest BCUT2D eigenvalue weighted by Gasteiger charge is -2.33. The molecule has 0 radical (unpaired) electrons. The van der Waals surface area contributed by atoms with Crippen molar-refractivity contribution in [1.29, 1.82) is 0 Å². The molecule has 0 aromatic heterocycles. The minimum Gasteiger partial charge on any atom is -0.450 e. The van der Waals surface area contributed by atoms with Crippen molar-refractivity contribution in [3.8, 4) is 0 Å². The lowest BCUT2D eigenvalue weighted by molar-refractivity contribution is -0.117. The Morgan fingerprint density at radius 3 is 2.48 bits per heavy atom. The summed E-state index contributed by atoms with van der Waals surface area (Å²) in [5.74, 6) is -0.227. The van der Waals surface area contributed by atoms with Gasteiger partial charge in [-0.05, 0) is 25.1 Å². The number of nitrogens with zero attached hydrogens (tertiary/aromatic N) is 2. The number of piperazine rings is 1. The number of ether oxygens (including phenoxy) is 1. The van der Waals surface area contributed by atoms with E-state index in [1.807, 2.05) is 4.90 Å². The van der Waals surface area contributed by atoms with Gasteiger partial charge in [-0.2, -0.15) is 0 Å². The zero-order valence-corrected chi connectivity index (χ0v) is 15.2. The number of carbonyl (C=O) groups is 2. The summed E-state index contributed by atoms with van der Waals surface area (Å²) < 4.78 is 28.1. The molecule has 0 unspecified atom stereocenters. The summed E-state index contributed by atoms with van der Waals surface area (Å²) in [6.07, 6.45) is 0.793. The molecule has 1 aliphatic rings. The summed E-state index contributed by atoms with van der Waals surface area (Å²) in [6.45, 7) is 4.46. The van der Waals surface area contributed by atoms with Gasteiger partial charge in [-0.25, -0.2) is 13.2 Å². The molecular formula is C16H23N3O5S. The van der Waals surface area contributed by atoms with Gasteiger partial charge in [0.15, 0.2) is 9.84 Å². The summed E-state index contributed by atoms with van der Waals surface area (Å²) in [4.78, 5) is 27.5. The molecule has 0 saturated carbocycles. The standard InChI is InChI=1S/C16H23N3O5S/c1-3-24-16(21)19-9-7-18(8-10-19)12-15(20)17-13-5-4-6-14(11-13)25(2,22)23/h4-6,11H,3,7-10,12H2,1-2H3,(H,17,20). The molecule has 1 heterocycles. The van der Waals surface area contributed by atoms with Gasteiger partial charge in [0.1, 0.15) is 0 Å². The normalized spacial score (nSPS) is 15.7. The maximum absolute atomic E-state index is 12.2. The van der Waals surface area contributed by atoms with Crippen LogP contribution in [0.4, 0.5) is 10.5 Å². The number of carbonyl (C=O) groups excluding carboxylic acids is 2. The van der Waals surface area contributed by atoms with Crippen molar-refractivity contribution in [2.45, 2.75) is 11.8 Å². The highest BCUT2D eigenvalue weighted by molar-refractivity contribution is 7.90. The van der Waals surface area contributed by atoms with Crippen LogP contribution in [0.15, 0.2) is 29.2 Å². The fourth-order valence-electron chi connectivity index (χ4n) is 2.51. The molecule has 0 atom stereocenters. The van der Waals surface area contributed by atoms with Crippen LogP contribution in [0.5, 0.6) is 0 Å². The topological polar surface area (TPSA) is 96.0 Å². The Morgan fingerprint density at radius 2 is 1.88 bits per heavy atom. The maximum Gasteiger partial charge on any atom is 0.409 e. The molecule has 9 heteroatoms. The molecule has 8 nitrogen and oxygen atoms in total. The Hall–Kier alpha value is -2.13. The van der Waals surface area contributed by atoms with Gasteiger partial charge in [0.25, 0.3) is 0 Å². The van der Waals surface area contributed by atoms with Gasteiger partial charge >= 0.3 is 6.09 Å². The molecule has 2 amide bonds. The molecule has 0 aliphatic carbocycles. The van der Waals surface area contributed by atoms with Crippen molar-refractivity contribution in [2.24, 2.45) is 0 Å². The van der Waals surface area contributed by atoms with Crippen molar-refractivity contribution in [3.05, 3.63) is 24.3 Å². The summed E-state index contributed by atoms with van der Waals surface area (Å²) in [6, 6.07) is 6.15. The lowest BCUT2D eigenvalue weighted by atomic mass is 10.3. The van der Waals surface area contributed by atoms with Gasteiger partial charge in [0.05, 0.1) is 18.0 Å². The highest BCUT2D eigenvalue weighted by Gasteiger charge is 2.23. The van der Waals surface area contributed by atoms with Crippen LogP contribution in [0.3, 0.4) is 0 Å². The first kappa shape index (κ1) is 19.2. The van der Waals surface area contributed by atoms with Crippen LogP contribution in [0, 0.1) is 0 Å². The first-order valence-electron chi connectivity index (χ1n) is 8.03. The molecule has 1 aromatic carbocycles. The fraction of sp³-hybridized carbons (Fsp3) is 0.500. The summed E-state index contributed by atoms with van der Waals surface area (Å²) in [5.41, 5.74) is 0.443. The van der Waals surface area contributed by atoms with E-state index in [2.05, 4.69) is 5.32 Å². The van der Waals surface area contributed by atoms with Crippen molar-refractivity contribution in [3.63, 3.8) is 0 Å². The molecule has 1 fully saturated rings. The molecule has 0 spiro atoms. The number of amides is 2. The van der Waals surface area contributed by atoms with Crippen molar-refractivity contribution < 1.29 is 22.7 Å². The second-order valence-electron chi connectivity index (χ2n) is 5.81. The number of hydrogen-bond acceptors (Lipinski definition) is 6. The molecule has 2 rings (SSSR count). The van der Waals surface area contributed by atoms with E-state index in [1.165, 1.54) is 12.1 Å². The minimum absolute atomic E-state index is 0.161. The van der Waals surface area contributed by atoms with Gasteiger partial charge in [-0.3, -0.25) is 9.69 Å². The number of nitrogens with one attached hydrogen (secondary N) is 1. The van der Waals surface area contributed by atoms with E-state index < -0.39 is 9.84 Å². The van der Waals surface area contributed by atoms with Crippen LogP contribution in [0.25, 0.3) is 0 Å². The van der Waals surface area contributed by atoms with E-state index >= 15 is 0 Å². The highest BCUT2D eigenvalue weighted by Crippen LogP contribution is 2.15. The number of rotatable bonds is 5. The lowest BCUT2D eigenvalue weighted by Crippen LogP contribution is -2.50. The predicted octanol–water partition coefficient (Wildman–Crippen LogP) is 0.803. The number of benzene rings is 1. The van der Waals surface area contributed by atoms with E-state index in [0.717, 1.165) is 6.26 Å². The molecule has 1 aromatic rings. The molecular weight excluding hydrogens is 346 g/mol. The van der Waals surface area contributed by atoms with E-state index in [9.17, 15) is 18.0 Å². The molecule has 138 valence electrons. The van der Waals surface area contributed by atoms with Gasteiger partial charge in [0, 0.05) is 38.1 Å². The summed E-state index contributed by atoms with van der Waals surface area (Å²) in [7, 11) is -3.32. The van der Waals surface area contributed by atoms with Gasteiger partial charge < -0.3 is 15.0 Å². The number of sulfone groups is 1. The Labute approximate surface area is 147 Å². The second-order valence-corrected chi connectivity index (χ2v) is 7.83. The summed E-state index contributed by atoms with van der Waals surface area (Å²) in [5, 5.41) is 2.71. The van der Waals surface area contributed by atoms with E-state index in [4.69, 9.17) is 4.74 Å². The van der Waals surface area contributed by atoms with Crippen molar-refractivity contribution in [1.82, 2.24) is 9.80 Å². The maximum atomic E-state index is 12.2. The minimum atomic E-state index is -3.32. The molecule has 1 N–H and O–H groups in total. The largest absolute Gasteiger partial charge is 0.450 e. The number of anilines is 1. The van der Waals surface area contributed by atoms with Gasteiger partial charge in [0.2, 0.25) is 5.91 Å². The third kappa shape index (κ3) is 5.71. The zero-order chi connectivity index (χ0) is 18.4. The Bertz CT molecular complexity index is 727. The first-order valence-corrected chi connectivity index (χ1v) is 9.92. The fourth-order valence-corrected chi connectivity index (χ4v) is 3.18. The van der Waals surface area contributed by atoms with E-state index in [1.54, 1.807) is 24.0 Å². The average molecular weight is 369 g/mol. The third-order valence-corrected chi connectivity index (χ3v) is 4.92. The van der Waals surface area contributed by atoms with Crippen LogP contribution in [-0.2, 0) is 19.4 Å². The quantitative estimate of drug-likeness (QED) is 0.825. The molecule has 1 aliphatic heterocycles.